The molecule has 4 rings (SSSR count). The van der Waals surface area contributed by atoms with E-state index in [0.29, 0.717) is 22.8 Å². The van der Waals surface area contributed by atoms with Crippen molar-refractivity contribution in [2.75, 3.05) is 31.1 Å². The summed E-state index contributed by atoms with van der Waals surface area (Å²) in [5.41, 5.74) is 3.51. The van der Waals surface area contributed by atoms with Gasteiger partial charge in [-0.05, 0) is 54.2 Å². The summed E-state index contributed by atoms with van der Waals surface area (Å²) in [5, 5.41) is 0. The van der Waals surface area contributed by atoms with Crippen molar-refractivity contribution in [3.63, 3.8) is 0 Å². The Morgan fingerprint density at radius 2 is 1.84 bits per heavy atom. The van der Waals surface area contributed by atoms with Crippen LogP contribution in [0.15, 0.2) is 24.3 Å². The number of nitrogens with zero attached hydrogens (tertiary/aromatic N) is 1. The molecule has 3 fully saturated rings. The summed E-state index contributed by atoms with van der Waals surface area (Å²) < 4.78 is 23.0. The number of hydrogen-bond acceptors (Lipinski definition) is 3. The fourth-order valence-electron chi connectivity index (χ4n) is 5.14. The molecule has 2 aliphatic heterocycles. The van der Waals surface area contributed by atoms with Crippen molar-refractivity contribution in [1.29, 1.82) is 0 Å². The first-order valence-corrected chi connectivity index (χ1v) is 11.5. The monoisotopic (exact) mass is 361 g/mol. The molecule has 0 N–H and O–H groups in total. The first-order valence-electron chi connectivity index (χ1n) is 9.68. The topological polar surface area (TPSA) is 37.4 Å². The normalized spacial score (nSPS) is 30.1. The van der Waals surface area contributed by atoms with Crippen LogP contribution in [0.5, 0.6) is 0 Å². The zero-order valence-electron chi connectivity index (χ0n) is 15.8. The highest BCUT2D eigenvalue weighted by molar-refractivity contribution is 7.92. The Morgan fingerprint density at radius 3 is 2.40 bits per heavy atom. The Labute approximate surface area is 152 Å². The summed E-state index contributed by atoms with van der Waals surface area (Å²) in [7, 11) is -2.71. The molecule has 0 radical (unpaired) electrons. The number of rotatable bonds is 5. The van der Waals surface area contributed by atoms with Crippen molar-refractivity contribution in [2.24, 2.45) is 16.7 Å². The molecule has 0 amide bonds. The molecule has 25 heavy (non-hydrogen) atoms. The van der Waals surface area contributed by atoms with Crippen molar-refractivity contribution in [3.05, 3.63) is 35.4 Å². The lowest BCUT2D eigenvalue weighted by atomic mass is 9.91. The van der Waals surface area contributed by atoms with Gasteiger partial charge in [-0.3, -0.25) is 0 Å². The standard InChI is InChI=1S/C21H31NO2S/c1-16(12-22-9-8-21(13-22)14-25(23,24)15-21)10-17-4-6-18(7-5-17)19-11-20(19,2)3/h4-7,16,19H,8-15H2,1-3H3/t16-,19?/m0/s1. The van der Waals surface area contributed by atoms with Crippen LogP contribution in [0.25, 0.3) is 0 Å². The van der Waals surface area contributed by atoms with E-state index in [9.17, 15) is 8.42 Å². The minimum absolute atomic E-state index is 0.0945. The highest BCUT2D eigenvalue weighted by Gasteiger charge is 2.52. The minimum atomic E-state index is -2.71. The van der Waals surface area contributed by atoms with Gasteiger partial charge in [-0.25, -0.2) is 8.42 Å². The Kier molecular flexibility index (Phi) is 4.08. The van der Waals surface area contributed by atoms with E-state index in [1.165, 1.54) is 17.5 Å². The van der Waals surface area contributed by atoms with Crippen LogP contribution in [0.4, 0.5) is 0 Å². The van der Waals surface area contributed by atoms with Gasteiger partial charge in [0.1, 0.15) is 0 Å². The zero-order chi connectivity index (χ0) is 17.9. The smallest absolute Gasteiger partial charge is 0.151 e. The Hall–Kier alpha value is -0.870. The van der Waals surface area contributed by atoms with Crippen LogP contribution in [-0.2, 0) is 16.3 Å². The molecule has 1 unspecified atom stereocenters. The molecule has 3 nitrogen and oxygen atoms in total. The van der Waals surface area contributed by atoms with Gasteiger partial charge in [0.2, 0.25) is 0 Å². The molecule has 1 spiro atoms. The molecule has 2 atom stereocenters. The van der Waals surface area contributed by atoms with Gasteiger partial charge < -0.3 is 4.90 Å². The second-order valence-corrected chi connectivity index (χ2v) is 11.9. The summed E-state index contributed by atoms with van der Waals surface area (Å²) in [5.74, 6) is 2.20. The summed E-state index contributed by atoms with van der Waals surface area (Å²) in [4.78, 5) is 2.49. The summed E-state index contributed by atoms with van der Waals surface area (Å²) in [6.07, 6.45) is 3.48. The van der Waals surface area contributed by atoms with Gasteiger partial charge in [-0.15, -0.1) is 0 Å². The van der Waals surface area contributed by atoms with Crippen LogP contribution < -0.4 is 0 Å². The largest absolute Gasteiger partial charge is 0.302 e. The molecule has 138 valence electrons. The highest BCUT2D eigenvalue weighted by Crippen LogP contribution is 2.58. The SMILES string of the molecule is C[C@@H](Cc1ccc(C2CC2(C)C)cc1)CN1CCC2(C1)CS(=O)(=O)C2. The molecule has 3 aliphatic rings. The Morgan fingerprint density at radius 1 is 1.20 bits per heavy atom. The second kappa shape index (κ2) is 5.82. The second-order valence-electron chi connectivity index (χ2n) is 9.81. The maximum atomic E-state index is 11.5. The van der Waals surface area contributed by atoms with Crippen molar-refractivity contribution in [2.45, 2.75) is 46.0 Å². The average molecular weight is 362 g/mol. The van der Waals surface area contributed by atoms with Gasteiger partial charge in [0.25, 0.3) is 0 Å². The lowest BCUT2D eigenvalue weighted by molar-refractivity contribution is 0.249. The van der Waals surface area contributed by atoms with Gasteiger partial charge in [-0.1, -0.05) is 45.0 Å². The summed E-state index contributed by atoms with van der Waals surface area (Å²) >= 11 is 0. The maximum absolute atomic E-state index is 11.5. The van der Waals surface area contributed by atoms with Crippen LogP contribution >= 0.6 is 0 Å². The Balaban J connectivity index is 1.27. The fourth-order valence-corrected chi connectivity index (χ4v) is 7.39. The van der Waals surface area contributed by atoms with E-state index in [-0.39, 0.29) is 5.41 Å². The third-order valence-electron chi connectivity index (χ3n) is 6.62. The first kappa shape index (κ1) is 17.5. The van der Waals surface area contributed by atoms with Crippen LogP contribution in [0.2, 0.25) is 0 Å². The van der Waals surface area contributed by atoms with E-state index < -0.39 is 9.84 Å². The number of benzene rings is 1. The van der Waals surface area contributed by atoms with Crippen LogP contribution in [0, 0.1) is 16.7 Å². The molecule has 2 heterocycles. The lowest BCUT2D eigenvalue weighted by Crippen LogP contribution is -2.50. The van der Waals surface area contributed by atoms with Gasteiger partial charge in [0.05, 0.1) is 11.5 Å². The maximum Gasteiger partial charge on any atom is 0.151 e. The third-order valence-corrected chi connectivity index (χ3v) is 8.72. The average Bonchev–Trinajstić information content (AvgIpc) is 2.93. The van der Waals surface area contributed by atoms with E-state index in [1.807, 2.05) is 0 Å². The molecule has 1 aliphatic carbocycles. The lowest BCUT2D eigenvalue weighted by Gasteiger charge is -2.37. The molecule has 2 saturated heterocycles. The number of hydrogen-bond donors (Lipinski definition) is 0. The molecule has 1 aromatic carbocycles. The van der Waals surface area contributed by atoms with Gasteiger partial charge in [0, 0.05) is 18.5 Å². The van der Waals surface area contributed by atoms with Crippen molar-refractivity contribution < 1.29 is 8.42 Å². The predicted molar refractivity (Wildman–Crippen MR) is 103 cm³/mol. The highest BCUT2D eigenvalue weighted by atomic mass is 32.2. The zero-order valence-corrected chi connectivity index (χ0v) is 16.6. The Bertz CT molecular complexity index is 739. The first-order chi connectivity index (χ1) is 11.7. The van der Waals surface area contributed by atoms with E-state index in [4.69, 9.17) is 0 Å². The molecule has 0 bridgehead atoms. The van der Waals surface area contributed by atoms with E-state index >= 15 is 0 Å². The van der Waals surface area contributed by atoms with E-state index in [1.54, 1.807) is 0 Å². The van der Waals surface area contributed by atoms with Crippen molar-refractivity contribution in [3.8, 4) is 0 Å². The molecular weight excluding hydrogens is 330 g/mol. The van der Waals surface area contributed by atoms with Crippen LogP contribution in [-0.4, -0.2) is 44.5 Å². The van der Waals surface area contributed by atoms with Gasteiger partial charge >= 0.3 is 0 Å². The quantitative estimate of drug-likeness (QED) is 0.805. The fraction of sp³-hybridized carbons (Fsp3) is 0.714. The van der Waals surface area contributed by atoms with Gasteiger partial charge in [0.15, 0.2) is 9.84 Å². The molecular formula is C21H31NO2S. The predicted octanol–water partition coefficient (Wildman–Crippen LogP) is 3.50. The van der Waals surface area contributed by atoms with E-state index in [0.717, 1.165) is 38.4 Å². The summed E-state index contributed by atoms with van der Waals surface area (Å²) in [6, 6.07) is 9.27. The van der Waals surface area contributed by atoms with Crippen molar-refractivity contribution >= 4 is 9.84 Å². The van der Waals surface area contributed by atoms with Gasteiger partial charge in [-0.2, -0.15) is 0 Å². The molecule has 0 aromatic heterocycles. The van der Waals surface area contributed by atoms with Crippen LogP contribution in [0.1, 0.15) is 50.7 Å². The van der Waals surface area contributed by atoms with Crippen molar-refractivity contribution in [1.82, 2.24) is 4.90 Å². The number of likely N-dealkylation sites (tertiary alicyclic amines) is 1. The third kappa shape index (κ3) is 3.66. The molecule has 1 aromatic rings. The van der Waals surface area contributed by atoms with E-state index in [2.05, 4.69) is 49.9 Å². The molecule has 1 saturated carbocycles. The number of sulfone groups is 1. The minimum Gasteiger partial charge on any atom is -0.302 e. The van der Waals surface area contributed by atoms with Crippen LogP contribution in [0.3, 0.4) is 0 Å². The molecule has 4 heteroatoms. The summed E-state index contributed by atoms with van der Waals surface area (Å²) in [6.45, 7) is 10.1.